The third kappa shape index (κ3) is 4.00. The number of hydrogen-bond acceptors (Lipinski definition) is 2. The van der Waals surface area contributed by atoms with Gasteiger partial charge in [-0.2, -0.15) is 0 Å². The number of methoxy groups -OCH3 is 1. The molecule has 118 valence electrons. The van der Waals surface area contributed by atoms with Crippen molar-refractivity contribution >= 4 is 0 Å². The van der Waals surface area contributed by atoms with Crippen LogP contribution in [-0.2, 0) is 5.41 Å². The fraction of sp³-hybridized carbons (Fsp3) is 0.684. The van der Waals surface area contributed by atoms with Crippen LogP contribution in [0.25, 0.3) is 0 Å². The Balaban J connectivity index is 2.21. The summed E-state index contributed by atoms with van der Waals surface area (Å²) in [6.07, 6.45) is 5.15. The molecule has 1 aromatic rings. The van der Waals surface area contributed by atoms with E-state index in [0.29, 0.717) is 5.41 Å². The lowest BCUT2D eigenvalue weighted by Crippen LogP contribution is -2.33. The fourth-order valence-corrected chi connectivity index (χ4v) is 3.79. The molecule has 1 aromatic carbocycles. The van der Waals surface area contributed by atoms with E-state index in [2.05, 4.69) is 49.9 Å². The second-order valence-electron chi connectivity index (χ2n) is 6.99. The van der Waals surface area contributed by atoms with Gasteiger partial charge < -0.3 is 9.64 Å². The summed E-state index contributed by atoms with van der Waals surface area (Å²) in [6.45, 7) is 10.7. The van der Waals surface area contributed by atoms with Crippen molar-refractivity contribution in [1.29, 1.82) is 0 Å². The smallest absolute Gasteiger partial charge is 0.119 e. The summed E-state index contributed by atoms with van der Waals surface area (Å²) in [7, 11) is 1.76. The summed E-state index contributed by atoms with van der Waals surface area (Å²) in [5.74, 6) is 1.71. The number of benzene rings is 1. The second kappa shape index (κ2) is 7.31. The van der Waals surface area contributed by atoms with Crippen molar-refractivity contribution in [3.8, 4) is 5.75 Å². The molecular weight excluding hydrogens is 258 g/mol. The molecule has 0 N–H and O–H groups in total. The van der Waals surface area contributed by atoms with Gasteiger partial charge in [0.25, 0.3) is 0 Å². The number of rotatable bonds is 7. The normalized spacial score (nSPS) is 22.9. The molecule has 1 aliphatic heterocycles. The van der Waals surface area contributed by atoms with Gasteiger partial charge in [0.05, 0.1) is 7.11 Å². The molecule has 1 fully saturated rings. The maximum absolute atomic E-state index is 5.44. The van der Waals surface area contributed by atoms with Crippen LogP contribution in [0.4, 0.5) is 0 Å². The molecule has 1 heterocycles. The lowest BCUT2D eigenvalue weighted by molar-refractivity contribution is 0.283. The van der Waals surface area contributed by atoms with Crippen molar-refractivity contribution in [2.45, 2.75) is 51.9 Å². The largest absolute Gasteiger partial charge is 0.497 e. The third-order valence-electron chi connectivity index (χ3n) is 4.74. The third-order valence-corrected chi connectivity index (χ3v) is 4.74. The summed E-state index contributed by atoms with van der Waals surface area (Å²) >= 11 is 0. The van der Waals surface area contributed by atoms with Gasteiger partial charge in [-0.15, -0.1) is 0 Å². The molecule has 1 saturated heterocycles. The lowest BCUT2D eigenvalue weighted by Gasteiger charge is -2.32. The van der Waals surface area contributed by atoms with Crippen LogP contribution in [0.15, 0.2) is 24.3 Å². The molecule has 2 nitrogen and oxygen atoms in total. The van der Waals surface area contributed by atoms with Crippen molar-refractivity contribution in [3.63, 3.8) is 0 Å². The lowest BCUT2D eigenvalue weighted by atomic mass is 9.73. The van der Waals surface area contributed by atoms with E-state index in [1.165, 1.54) is 50.9 Å². The predicted octanol–water partition coefficient (Wildman–Crippen LogP) is 4.48. The van der Waals surface area contributed by atoms with Gasteiger partial charge in [0, 0.05) is 12.0 Å². The summed E-state index contributed by atoms with van der Waals surface area (Å²) in [4.78, 5) is 2.66. The molecular formula is C19H31NO. The van der Waals surface area contributed by atoms with E-state index in [4.69, 9.17) is 4.74 Å². The molecule has 0 radical (unpaired) electrons. The highest BCUT2D eigenvalue weighted by molar-refractivity contribution is 5.35. The molecule has 21 heavy (non-hydrogen) atoms. The fourth-order valence-electron chi connectivity index (χ4n) is 3.79. The van der Waals surface area contributed by atoms with Crippen molar-refractivity contribution < 1.29 is 4.74 Å². The maximum atomic E-state index is 5.44. The SMILES string of the molecule is CCCCN1CC[C@](CC(C)C)(c2cccc(OC)c2)C1. The van der Waals surface area contributed by atoms with Gasteiger partial charge in [-0.25, -0.2) is 0 Å². The van der Waals surface area contributed by atoms with Crippen molar-refractivity contribution in [3.05, 3.63) is 29.8 Å². The van der Waals surface area contributed by atoms with E-state index in [9.17, 15) is 0 Å². The first kappa shape index (κ1) is 16.4. The maximum Gasteiger partial charge on any atom is 0.119 e. The van der Waals surface area contributed by atoms with Gasteiger partial charge in [0.1, 0.15) is 5.75 Å². The minimum absolute atomic E-state index is 0.316. The Hall–Kier alpha value is -1.02. The van der Waals surface area contributed by atoms with Crippen LogP contribution in [-0.4, -0.2) is 31.6 Å². The molecule has 1 aliphatic rings. The van der Waals surface area contributed by atoms with Crippen LogP contribution in [0.3, 0.4) is 0 Å². The Labute approximate surface area is 130 Å². The molecule has 0 aromatic heterocycles. The number of likely N-dealkylation sites (tertiary alicyclic amines) is 1. The molecule has 2 rings (SSSR count). The van der Waals surface area contributed by atoms with Crippen LogP contribution >= 0.6 is 0 Å². The van der Waals surface area contributed by atoms with Gasteiger partial charge in [0.15, 0.2) is 0 Å². The molecule has 0 saturated carbocycles. The van der Waals surface area contributed by atoms with Gasteiger partial charge in [-0.1, -0.05) is 39.3 Å². The van der Waals surface area contributed by atoms with E-state index in [0.717, 1.165) is 11.7 Å². The number of unbranched alkanes of at least 4 members (excludes halogenated alkanes) is 1. The molecule has 0 amide bonds. The summed E-state index contributed by atoms with van der Waals surface area (Å²) in [5, 5.41) is 0. The van der Waals surface area contributed by atoms with Crippen molar-refractivity contribution in [1.82, 2.24) is 4.90 Å². The number of ether oxygens (including phenoxy) is 1. The van der Waals surface area contributed by atoms with E-state index in [1.807, 2.05) is 0 Å². The first-order chi connectivity index (χ1) is 10.1. The average molecular weight is 289 g/mol. The summed E-state index contributed by atoms with van der Waals surface area (Å²) in [6, 6.07) is 8.75. The zero-order chi connectivity index (χ0) is 15.3. The first-order valence-electron chi connectivity index (χ1n) is 8.46. The van der Waals surface area contributed by atoms with Crippen LogP contribution in [0.1, 0.15) is 52.0 Å². The number of hydrogen-bond donors (Lipinski definition) is 0. The van der Waals surface area contributed by atoms with Gasteiger partial charge in [0.2, 0.25) is 0 Å². The highest BCUT2D eigenvalue weighted by atomic mass is 16.5. The van der Waals surface area contributed by atoms with Gasteiger partial charge >= 0.3 is 0 Å². The first-order valence-corrected chi connectivity index (χ1v) is 8.46. The van der Waals surface area contributed by atoms with E-state index in [1.54, 1.807) is 7.11 Å². The zero-order valence-corrected chi connectivity index (χ0v) is 14.2. The van der Waals surface area contributed by atoms with Crippen molar-refractivity contribution in [2.75, 3.05) is 26.7 Å². The molecule has 1 atom stereocenters. The van der Waals surface area contributed by atoms with Gasteiger partial charge in [-0.3, -0.25) is 0 Å². The van der Waals surface area contributed by atoms with Crippen LogP contribution in [0.5, 0.6) is 5.75 Å². The Morgan fingerprint density at radius 1 is 1.33 bits per heavy atom. The van der Waals surface area contributed by atoms with Crippen LogP contribution in [0.2, 0.25) is 0 Å². The Kier molecular flexibility index (Phi) is 5.69. The topological polar surface area (TPSA) is 12.5 Å². The summed E-state index contributed by atoms with van der Waals surface area (Å²) in [5.41, 5.74) is 1.78. The van der Waals surface area contributed by atoms with Crippen LogP contribution in [0, 0.1) is 5.92 Å². The molecule has 0 bridgehead atoms. The van der Waals surface area contributed by atoms with E-state index < -0.39 is 0 Å². The molecule has 0 unspecified atom stereocenters. The van der Waals surface area contributed by atoms with E-state index >= 15 is 0 Å². The van der Waals surface area contributed by atoms with Gasteiger partial charge in [-0.05, 0) is 56.0 Å². The highest BCUT2D eigenvalue weighted by Gasteiger charge is 2.39. The minimum Gasteiger partial charge on any atom is -0.497 e. The molecule has 0 spiro atoms. The quantitative estimate of drug-likeness (QED) is 0.733. The summed E-state index contributed by atoms with van der Waals surface area (Å²) < 4.78 is 5.44. The monoisotopic (exact) mass is 289 g/mol. The van der Waals surface area contributed by atoms with E-state index in [-0.39, 0.29) is 0 Å². The average Bonchev–Trinajstić information content (AvgIpc) is 2.89. The Bertz CT molecular complexity index is 443. The predicted molar refractivity (Wildman–Crippen MR) is 90.1 cm³/mol. The van der Waals surface area contributed by atoms with Crippen molar-refractivity contribution in [2.24, 2.45) is 5.92 Å². The molecule has 2 heteroatoms. The Morgan fingerprint density at radius 3 is 2.81 bits per heavy atom. The zero-order valence-electron chi connectivity index (χ0n) is 14.2. The Morgan fingerprint density at radius 2 is 2.14 bits per heavy atom. The standard InChI is InChI=1S/C19H31NO/c1-5-6-11-20-12-10-19(15-20,14-16(2)3)17-8-7-9-18(13-17)21-4/h7-9,13,16H,5-6,10-12,14-15H2,1-4H3/t19-/m1/s1. The minimum atomic E-state index is 0.316. The second-order valence-corrected chi connectivity index (χ2v) is 6.99. The number of nitrogens with zero attached hydrogens (tertiary/aromatic N) is 1. The van der Waals surface area contributed by atoms with Crippen LogP contribution < -0.4 is 4.74 Å². The highest BCUT2D eigenvalue weighted by Crippen LogP contribution is 2.41. The molecule has 0 aliphatic carbocycles.